The average Bonchev–Trinajstić information content (AvgIpc) is 3.06. The minimum atomic E-state index is -3.59. The predicted octanol–water partition coefficient (Wildman–Crippen LogP) is 3.92. The lowest BCUT2D eigenvalue weighted by atomic mass is 10.2. The molecule has 1 N–H and O–H groups in total. The zero-order valence-electron chi connectivity index (χ0n) is 14.8. The highest BCUT2D eigenvalue weighted by atomic mass is 35.5. The van der Waals surface area contributed by atoms with Crippen molar-refractivity contribution in [1.29, 1.82) is 0 Å². The first-order valence-corrected chi connectivity index (χ1v) is 11.1. The van der Waals surface area contributed by atoms with Crippen LogP contribution < -0.4 is 10.2 Å². The van der Waals surface area contributed by atoms with Gasteiger partial charge in [-0.25, -0.2) is 8.42 Å². The fourth-order valence-corrected chi connectivity index (χ4v) is 4.57. The minimum absolute atomic E-state index is 0.0195. The van der Waals surface area contributed by atoms with E-state index in [1.54, 1.807) is 23.1 Å². The van der Waals surface area contributed by atoms with Crippen molar-refractivity contribution in [3.8, 4) is 0 Å². The van der Waals surface area contributed by atoms with Gasteiger partial charge in [-0.3, -0.25) is 9.59 Å². The van der Waals surface area contributed by atoms with Crippen LogP contribution in [0.3, 0.4) is 0 Å². The van der Waals surface area contributed by atoms with E-state index in [4.69, 9.17) is 23.2 Å². The molecule has 1 aliphatic rings. The average molecular weight is 441 g/mol. The van der Waals surface area contributed by atoms with E-state index in [1.165, 1.54) is 24.3 Å². The van der Waals surface area contributed by atoms with Crippen LogP contribution >= 0.6 is 23.2 Å². The molecule has 148 valence electrons. The third-order valence-electron chi connectivity index (χ3n) is 4.37. The summed E-state index contributed by atoms with van der Waals surface area (Å²) in [6, 6.07) is 10.7. The number of anilines is 2. The SMILES string of the molecule is O=C(CCS(=O)(=O)c1ccc(Cl)cc1)Nc1ccc(N2CCCC2=O)c(Cl)c1. The molecule has 2 aromatic carbocycles. The van der Waals surface area contributed by atoms with Crippen LogP contribution in [0.2, 0.25) is 10.0 Å². The van der Waals surface area contributed by atoms with Crippen LogP contribution in [0.25, 0.3) is 0 Å². The standard InChI is InChI=1S/C19H18Cl2N2O4S/c20-13-3-6-15(7-4-13)28(26,27)11-9-18(24)22-14-5-8-17(16(21)12-14)23-10-1-2-19(23)25/h3-8,12H,1-2,9-11H2,(H,22,24). The van der Waals surface area contributed by atoms with E-state index in [0.717, 1.165) is 6.42 Å². The molecule has 0 aromatic heterocycles. The Balaban J connectivity index is 1.61. The second-order valence-electron chi connectivity index (χ2n) is 6.39. The fourth-order valence-electron chi connectivity index (χ4n) is 2.92. The van der Waals surface area contributed by atoms with E-state index >= 15 is 0 Å². The lowest BCUT2D eigenvalue weighted by molar-refractivity contribution is -0.117. The Kier molecular flexibility index (Phi) is 6.27. The van der Waals surface area contributed by atoms with Crippen LogP contribution in [0.15, 0.2) is 47.4 Å². The number of carbonyl (C=O) groups is 2. The summed E-state index contributed by atoms with van der Waals surface area (Å²) in [6.07, 6.45) is 1.08. The van der Waals surface area contributed by atoms with E-state index in [0.29, 0.717) is 34.4 Å². The lowest BCUT2D eigenvalue weighted by Crippen LogP contribution is -2.24. The summed E-state index contributed by atoms with van der Waals surface area (Å²) in [7, 11) is -3.59. The Hall–Kier alpha value is -2.09. The summed E-state index contributed by atoms with van der Waals surface area (Å²) >= 11 is 12.0. The molecule has 1 heterocycles. The lowest BCUT2D eigenvalue weighted by Gasteiger charge is -2.18. The third-order valence-corrected chi connectivity index (χ3v) is 6.65. The van der Waals surface area contributed by atoms with Gasteiger partial charge in [-0.1, -0.05) is 23.2 Å². The summed E-state index contributed by atoms with van der Waals surface area (Å²) in [6.45, 7) is 0.618. The number of nitrogens with one attached hydrogen (secondary N) is 1. The number of carbonyl (C=O) groups excluding carboxylic acids is 2. The summed E-state index contributed by atoms with van der Waals surface area (Å²) in [5, 5.41) is 3.42. The molecular weight excluding hydrogens is 423 g/mol. The molecule has 0 saturated carbocycles. The summed E-state index contributed by atoms with van der Waals surface area (Å²) in [5.74, 6) is -0.751. The Bertz CT molecular complexity index is 1010. The monoisotopic (exact) mass is 440 g/mol. The highest BCUT2D eigenvalue weighted by Gasteiger charge is 2.24. The Morgan fingerprint density at radius 1 is 1.11 bits per heavy atom. The largest absolute Gasteiger partial charge is 0.326 e. The van der Waals surface area contributed by atoms with Crippen LogP contribution in [0, 0.1) is 0 Å². The summed E-state index contributed by atoms with van der Waals surface area (Å²) < 4.78 is 24.6. The molecule has 1 aliphatic heterocycles. The third kappa shape index (κ3) is 4.84. The van der Waals surface area contributed by atoms with Crippen LogP contribution in [0.1, 0.15) is 19.3 Å². The molecule has 3 rings (SSSR count). The molecule has 0 aliphatic carbocycles. The quantitative estimate of drug-likeness (QED) is 0.737. The minimum Gasteiger partial charge on any atom is -0.326 e. The van der Waals surface area contributed by atoms with E-state index < -0.39 is 15.7 Å². The highest BCUT2D eigenvalue weighted by molar-refractivity contribution is 7.91. The van der Waals surface area contributed by atoms with Crippen molar-refractivity contribution < 1.29 is 18.0 Å². The van der Waals surface area contributed by atoms with Crippen molar-refractivity contribution in [3.05, 3.63) is 52.5 Å². The molecule has 2 aromatic rings. The zero-order valence-corrected chi connectivity index (χ0v) is 17.1. The molecular formula is C19H18Cl2N2O4S. The van der Waals surface area contributed by atoms with Gasteiger partial charge in [0, 0.05) is 30.1 Å². The first-order valence-electron chi connectivity index (χ1n) is 8.64. The maximum absolute atomic E-state index is 12.3. The fraction of sp³-hybridized carbons (Fsp3) is 0.263. The number of nitrogens with zero attached hydrogens (tertiary/aromatic N) is 1. The van der Waals surface area contributed by atoms with E-state index in [-0.39, 0.29) is 23.0 Å². The number of hydrogen-bond donors (Lipinski definition) is 1. The molecule has 1 saturated heterocycles. The predicted molar refractivity (Wildman–Crippen MR) is 110 cm³/mol. The van der Waals surface area contributed by atoms with Gasteiger partial charge in [0.2, 0.25) is 11.8 Å². The van der Waals surface area contributed by atoms with Gasteiger partial charge in [0.15, 0.2) is 9.84 Å². The summed E-state index contributed by atoms with van der Waals surface area (Å²) in [4.78, 5) is 25.7. The molecule has 28 heavy (non-hydrogen) atoms. The number of halogens is 2. The first-order chi connectivity index (χ1) is 13.3. The Morgan fingerprint density at radius 3 is 2.43 bits per heavy atom. The van der Waals surface area contributed by atoms with Gasteiger partial charge in [-0.15, -0.1) is 0 Å². The first kappa shape index (κ1) is 20.6. The van der Waals surface area contributed by atoms with Gasteiger partial charge < -0.3 is 10.2 Å². The van der Waals surface area contributed by atoms with Crippen molar-refractivity contribution in [1.82, 2.24) is 0 Å². The van der Waals surface area contributed by atoms with E-state index in [2.05, 4.69) is 5.32 Å². The molecule has 6 nitrogen and oxygen atoms in total. The molecule has 0 spiro atoms. The second kappa shape index (κ2) is 8.51. The van der Waals surface area contributed by atoms with Crippen LogP contribution in [-0.2, 0) is 19.4 Å². The number of benzene rings is 2. The molecule has 2 amide bonds. The van der Waals surface area contributed by atoms with Crippen LogP contribution in [0.5, 0.6) is 0 Å². The molecule has 0 bridgehead atoms. The molecule has 0 unspecified atom stereocenters. The van der Waals surface area contributed by atoms with Gasteiger partial charge in [-0.2, -0.15) is 0 Å². The number of hydrogen-bond acceptors (Lipinski definition) is 4. The molecule has 0 atom stereocenters. The Labute approximate surface area is 173 Å². The zero-order chi connectivity index (χ0) is 20.3. The topological polar surface area (TPSA) is 83.6 Å². The second-order valence-corrected chi connectivity index (χ2v) is 9.34. The van der Waals surface area contributed by atoms with Crippen molar-refractivity contribution in [2.45, 2.75) is 24.2 Å². The van der Waals surface area contributed by atoms with Crippen molar-refractivity contribution in [3.63, 3.8) is 0 Å². The molecule has 1 fully saturated rings. The van der Waals surface area contributed by atoms with E-state index in [1.807, 2.05) is 0 Å². The van der Waals surface area contributed by atoms with Gasteiger partial charge in [0.1, 0.15) is 0 Å². The van der Waals surface area contributed by atoms with Crippen LogP contribution in [-0.4, -0.2) is 32.5 Å². The maximum atomic E-state index is 12.3. The summed E-state index contributed by atoms with van der Waals surface area (Å²) in [5.41, 5.74) is 1.04. The van der Waals surface area contributed by atoms with Gasteiger partial charge in [0.25, 0.3) is 0 Å². The van der Waals surface area contributed by atoms with Gasteiger partial charge in [-0.05, 0) is 48.9 Å². The number of amides is 2. The maximum Gasteiger partial charge on any atom is 0.227 e. The van der Waals surface area contributed by atoms with Gasteiger partial charge >= 0.3 is 0 Å². The van der Waals surface area contributed by atoms with Crippen molar-refractivity contribution >= 4 is 56.2 Å². The van der Waals surface area contributed by atoms with Gasteiger partial charge in [0.05, 0.1) is 21.4 Å². The van der Waals surface area contributed by atoms with Crippen LogP contribution in [0.4, 0.5) is 11.4 Å². The van der Waals surface area contributed by atoms with E-state index in [9.17, 15) is 18.0 Å². The van der Waals surface area contributed by atoms with Crippen molar-refractivity contribution in [2.75, 3.05) is 22.5 Å². The smallest absolute Gasteiger partial charge is 0.227 e. The number of rotatable bonds is 6. The number of sulfone groups is 1. The molecule has 9 heteroatoms. The van der Waals surface area contributed by atoms with Crippen molar-refractivity contribution in [2.24, 2.45) is 0 Å². The Morgan fingerprint density at radius 2 is 1.82 bits per heavy atom. The normalized spacial score (nSPS) is 14.4. The molecule has 0 radical (unpaired) electrons. The highest BCUT2D eigenvalue weighted by Crippen LogP contribution is 2.31.